The molecule has 0 bridgehead atoms. The maximum absolute atomic E-state index is 14.0. The number of likely N-dealkylation sites (N-methyl/N-ethyl adjacent to an activating group) is 1. The minimum atomic E-state index is -1.75. The summed E-state index contributed by atoms with van der Waals surface area (Å²) in [7, 11) is 2.88. The van der Waals surface area contributed by atoms with Gasteiger partial charge in [0.25, 0.3) is 8.53 Å². The maximum atomic E-state index is 14.0. The third kappa shape index (κ3) is 13.5. The fraction of sp³-hybridized carbons (Fsp3) is 0.364. The van der Waals surface area contributed by atoms with E-state index in [0.717, 1.165) is 43.8 Å². The summed E-state index contributed by atoms with van der Waals surface area (Å²) in [6.07, 6.45) is -1.95. The van der Waals surface area contributed by atoms with Crippen LogP contribution in [0.5, 0.6) is 11.5 Å². The highest BCUT2D eigenvalue weighted by Crippen LogP contribution is 2.48. The number of hydrogen-bond donors (Lipinski definition) is 3. The molecule has 6 rings (SSSR count). The molecule has 72 heavy (non-hydrogen) atoms. The van der Waals surface area contributed by atoms with Crippen molar-refractivity contribution in [3.05, 3.63) is 155 Å². The van der Waals surface area contributed by atoms with Crippen LogP contribution in [0.1, 0.15) is 75.0 Å². The van der Waals surface area contributed by atoms with E-state index in [1.807, 2.05) is 162 Å². The normalized spacial score (nSPS) is 13.3. The number of methoxy groups -OCH3 is 2. The Hall–Kier alpha value is -6.86. The molecule has 3 atom stereocenters. The highest BCUT2D eigenvalue weighted by atomic mass is 31.2. The molecule has 0 aliphatic heterocycles. The Morgan fingerprint density at radius 2 is 1.18 bits per heavy atom. The molecule has 5 aromatic rings. The summed E-state index contributed by atoms with van der Waals surface area (Å²) >= 11 is 0. The number of nitrogens with zero attached hydrogens (tertiary/aromatic N) is 3. The second-order valence-electron chi connectivity index (χ2n) is 17.7. The molecule has 1 unspecified atom stereocenters. The number of ether oxygens (including phenoxy) is 4. The summed E-state index contributed by atoms with van der Waals surface area (Å²) in [5.41, 5.74) is 4.75. The van der Waals surface area contributed by atoms with E-state index >= 15 is 0 Å². The summed E-state index contributed by atoms with van der Waals surface area (Å²) in [6, 6.07) is 41.6. The lowest BCUT2D eigenvalue weighted by atomic mass is 9.80. The van der Waals surface area contributed by atoms with E-state index in [9.17, 15) is 24.4 Å². The molecule has 4 amide bonds. The lowest BCUT2D eigenvalue weighted by Crippen LogP contribution is -2.51. The van der Waals surface area contributed by atoms with E-state index in [1.54, 1.807) is 14.2 Å². The topological polar surface area (TPSA) is 190 Å². The van der Waals surface area contributed by atoms with Crippen LogP contribution in [0.15, 0.2) is 127 Å². The first-order valence-electron chi connectivity index (χ1n) is 23.9. The molecule has 0 radical (unpaired) electrons. The smallest absolute Gasteiger partial charge is 0.410 e. The van der Waals surface area contributed by atoms with Gasteiger partial charge in [-0.1, -0.05) is 103 Å². The van der Waals surface area contributed by atoms with Crippen LogP contribution in [0.2, 0.25) is 0 Å². The summed E-state index contributed by atoms with van der Waals surface area (Å²) in [6.45, 7) is 8.68. The van der Waals surface area contributed by atoms with Gasteiger partial charge >= 0.3 is 6.09 Å². The molecule has 17 heteroatoms. The molecular formula is C55H65N6O10P. The van der Waals surface area contributed by atoms with E-state index < -0.39 is 69.3 Å². The highest BCUT2D eigenvalue weighted by Gasteiger charge is 2.40. The lowest BCUT2D eigenvalue weighted by Gasteiger charge is -2.40. The highest BCUT2D eigenvalue weighted by molar-refractivity contribution is 7.44. The fourth-order valence-corrected chi connectivity index (χ4v) is 10.3. The fourth-order valence-electron chi connectivity index (χ4n) is 8.53. The van der Waals surface area contributed by atoms with Crippen LogP contribution in [0.4, 0.5) is 4.79 Å². The Labute approximate surface area is 423 Å². The van der Waals surface area contributed by atoms with Crippen LogP contribution in [0.3, 0.4) is 0 Å². The Morgan fingerprint density at radius 1 is 0.681 bits per heavy atom. The summed E-state index contributed by atoms with van der Waals surface area (Å²) < 4.78 is 39.3. The van der Waals surface area contributed by atoms with E-state index in [-0.39, 0.29) is 38.3 Å². The van der Waals surface area contributed by atoms with Gasteiger partial charge in [-0.25, -0.2) is 9.46 Å². The van der Waals surface area contributed by atoms with Crippen LogP contribution >= 0.6 is 8.53 Å². The quantitative estimate of drug-likeness (QED) is 0.0289. The summed E-state index contributed by atoms with van der Waals surface area (Å²) in [4.78, 5) is 54.4. The number of nitrogens with one attached hydrogen (secondary N) is 3. The zero-order valence-corrected chi connectivity index (χ0v) is 43.0. The molecule has 5 aromatic carbocycles. The summed E-state index contributed by atoms with van der Waals surface area (Å²) in [5.74, 6) is -0.501. The van der Waals surface area contributed by atoms with Gasteiger partial charge in [-0.05, 0) is 86.7 Å². The molecule has 3 N–H and O–H groups in total. The van der Waals surface area contributed by atoms with Crippen molar-refractivity contribution in [2.24, 2.45) is 0 Å². The maximum Gasteiger partial charge on any atom is 0.410 e. The first kappa shape index (κ1) is 54.5. The first-order valence-corrected chi connectivity index (χ1v) is 25.0. The van der Waals surface area contributed by atoms with E-state index in [1.165, 1.54) is 7.05 Å². The van der Waals surface area contributed by atoms with Gasteiger partial charge in [0.05, 0.1) is 65.2 Å². The monoisotopic (exact) mass is 1000 g/mol. The van der Waals surface area contributed by atoms with Crippen molar-refractivity contribution in [3.8, 4) is 28.7 Å². The van der Waals surface area contributed by atoms with Gasteiger partial charge in [0.15, 0.2) is 6.10 Å². The van der Waals surface area contributed by atoms with Gasteiger partial charge in [-0.15, -0.1) is 0 Å². The number of carbonyl (C=O) groups excluding carboxylic acids is 4. The Morgan fingerprint density at radius 3 is 1.71 bits per heavy atom. The van der Waals surface area contributed by atoms with E-state index in [0.29, 0.717) is 11.5 Å². The van der Waals surface area contributed by atoms with Crippen molar-refractivity contribution >= 4 is 32.3 Å². The third-order valence-corrected chi connectivity index (χ3v) is 14.3. The molecular weight excluding hydrogens is 936 g/mol. The van der Waals surface area contributed by atoms with Crippen molar-refractivity contribution in [3.63, 3.8) is 0 Å². The molecule has 16 nitrogen and oxygen atoms in total. The van der Waals surface area contributed by atoms with Gasteiger partial charge in [-0.2, -0.15) is 5.26 Å². The number of hydrogen-bond acceptors (Lipinski definition) is 12. The third-order valence-electron chi connectivity index (χ3n) is 12.1. The zero-order valence-electron chi connectivity index (χ0n) is 42.1. The Balaban J connectivity index is 1.17. The largest absolute Gasteiger partial charge is 0.497 e. The Kier molecular flexibility index (Phi) is 19.7. The minimum Gasteiger partial charge on any atom is -0.497 e. The molecule has 1 aliphatic carbocycles. The number of fused-ring (bicyclic) bond motifs is 3. The predicted octanol–water partition coefficient (Wildman–Crippen LogP) is 8.25. The average Bonchev–Trinajstić information content (AvgIpc) is 3.70. The zero-order chi connectivity index (χ0) is 51.8. The van der Waals surface area contributed by atoms with Crippen LogP contribution in [0, 0.1) is 11.3 Å². The van der Waals surface area contributed by atoms with Crippen LogP contribution in [-0.2, 0) is 38.5 Å². The van der Waals surface area contributed by atoms with E-state index in [4.69, 9.17) is 28.0 Å². The number of carbonyl (C=O) groups is 4. The molecule has 0 aromatic heterocycles. The van der Waals surface area contributed by atoms with Crippen LogP contribution in [0.25, 0.3) is 11.1 Å². The number of amides is 4. The molecule has 0 fully saturated rings. The second kappa shape index (κ2) is 26.0. The van der Waals surface area contributed by atoms with Gasteiger partial charge in [-0.3, -0.25) is 14.4 Å². The molecule has 0 saturated heterocycles. The number of benzene rings is 5. The minimum absolute atomic E-state index is 0.00348. The van der Waals surface area contributed by atoms with Crippen molar-refractivity contribution in [1.29, 1.82) is 5.26 Å². The van der Waals surface area contributed by atoms with Crippen molar-refractivity contribution in [1.82, 2.24) is 25.5 Å². The number of rotatable bonds is 25. The van der Waals surface area contributed by atoms with Crippen molar-refractivity contribution in [2.45, 2.75) is 77.0 Å². The van der Waals surface area contributed by atoms with Gasteiger partial charge in [0.2, 0.25) is 17.7 Å². The predicted molar refractivity (Wildman–Crippen MR) is 275 cm³/mol. The van der Waals surface area contributed by atoms with Crippen molar-refractivity contribution < 1.29 is 47.2 Å². The van der Waals surface area contributed by atoms with Crippen LogP contribution in [-0.4, -0.2) is 112 Å². The number of nitriles is 1. The lowest BCUT2D eigenvalue weighted by molar-refractivity contribution is -0.128. The molecule has 0 spiro atoms. The van der Waals surface area contributed by atoms with Gasteiger partial charge in [0, 0.05) is 30.3 Å². The van der Waals surface area contributed by atoms with Crippen molar-refractivity contribution in [2.75, 3.05) is 54.1 Å². The molecule has 0 heterocycles. The van der Waals surface area contributed by atoms with E-state index in [2.05, 4.69) is 26.7 Å². The molecule has 0 saturated carbocycles. The average molecular weight is 1000 g/mol. The van der Waals surface area contributed by atoms with Gasteiger partial charge in [0.1, 0.15) is 23.6 Å². The first-order chi connectivity index (χ1) is 34.7. The van der Waals surface area contributed by atoms with Gasteiger partial charge < -0.3 is 48.8 Å². The van der Waals surface area contributed by atoms with Crippen LogP contribution < -0.4 is 25.4 Å². The molecule has 1 aliphatic rings. The molecule has 380 valence electrons. The second-order valence-corrected chi connectivity index (χ2v) is 19.1. The SMILES string of the molecule is COc1ccc(C(OC[C@@H](NC(=O)CNC(=O)CNC(=O)CN(C)C(=O)OC2c3ccccc3-c3ccccc32)[C@@H](C)OP(OCCC#N)N(C(C)C)C(C)C)(c2ccccc2)c2ccc(OC)cc2)cc1. The standard InChI is InChI=1S/C55H65N6O10P/c1-37(2)61(38(3)4)72(69-32-16-31-56)71-39(5)49(36-68-55(40-17-10-9-11-18-40,41-23-27-43(66-7)28-24-41)42-25-29-44(67-8)30-26-42)59-51(63)34-57-50(62)33-58-52(64)35-60(6)54(65)70-53-47-21-14-12-19-45(47)46-20-13-15-22-48(46)53/h9-15,17-30,37-39,49,53H,16,32-36H2,1-8H3,(H,57,62)(H,58,64)(H,59,63)/t39-,49-,72?/m1/s1. The summed E-state index contributed by atoms with van der Waals surface area (Å²) in [5, 5.41) is 17.5. The Bertz CT molecular complexity index is 2530.